The fourth-order valence-corrected chi connectivity index (χ4v) is 1.87. The topological polar surface area (TPSA) is 24.7 Å². The van der Waals surface area contributed by atoms with Crippen molar-refractivity contribution in [1.82, 2.24) is 0 Å². The van der Waals surface area contributed by atoms with Crippen molar-refractivity contribution in [3.05, 3.63) is 0 Å². The molecule has 0 aromatic rings. The van der Waals surface area contributed by atoms with Gasteiger partial charge in [0.15, 0.2) is 0 Å². The molecule has 2 unspecified atom stereocenters. The van der Waals surface area contributed by atoms with Gasteiger partial charge in [0.25, 0.3) is 0 Å². The summed E-state index contributed by atoms with van der Waals surface area (Å²) >= 11 is 0. The fourth-order valence-electron chi connectivity index (χ4n) is 1.87. The van der Waals surface area contributed by atoms with Crippen molar-refractivity contribution in [2.75, 3.05) is 0 Å². The van der Waals surface area contributed by atoms with E-state index in [-0.39, 0.29) is 0 Å². The fraction of sp³-hybridized carbons (Fsp3) is 0.818. The van der Waals surface area contributed by atoms with Gasteiger partial charge in [-0.3, -0.25) is 9.98 Å². The molecule has 0 saturated heterocycles. The lowest BCUT2D eigenvalue weighted by atomic mass is 9.91. The molecule has 0 amide bonds. The van der Waals surface area contributed by atoms with Crippen molar-refractivity contribution in [2.24, 2.45) is 9.98 Å². The minimum Gasteiger partial charge on any atom is -0.292 e. The van der Waals surface area contributed by atoms with Gasteiger partial charge in [0.1, 0.15) is 0 Å². The van der Waals surface area contributed by atoms with Crippen LogP contribution in [0.3, 0.4) is 0 Å². The summed E-state index contributed by atoms with van der Waals surface area (Å²) in [7, 11) is 0. The van der Waals surface area contributed by atoms with Gasteiger partial charge in [-0.25, -0.2) is 0 Å². The quantitative estimate of drug-likeness (QED) is 0.597. The average Bonchev–Trinajstić information content (AvgIpc) is 2.17. The van der Waals surface area contributed by atoms with Gasteiger partial charge in [-0.2, -0.15) is 0 Å². The lowest BCUT2D eigenvalue weighted by Crippen LogP contribution is -2.26. The maximum atomic E-state index is 4.56. The highest BCUT2D eigenvalue weighted by molar-refractivity contribution is 5.57. The third-order valence-electron chi connectivity index (χ3n) is 2.51. The maximum absolute atomic E-state index is 4.56. The van der Waals surface area contributed by atoms with Crippen LogP contribution < -0.4 is 0 Å². The molecule has 0 aliphatic heterocycles. The van der Waals surface area contributed by atoms with Gasteiger partial charge in [0.05, 0.1) is 12.1 Å². The molecule has 0 bridgehead atoms. The van der Waals surface area contributed by atoms with E-state index >= 15 is 0 Å². The van der Waals surface area contributed by atoms with Gasteiger partial charge < -0.3 is 0 Å². The number of hydrogen-bond donors (Lipinski definition) is 0. The Morgan fingerprint density at radius 3 is 2.31 bits per heavy atom. The summed E-state index contributed by atoms with van der Waals surface area (Å²) < 4.78 is 0. The standard InChI is InChI=1S/C11H20N2/c1-3-9-13-11-8-6-5-7-10(11)12-4-2/h4,9-11H,3,5-8H2,1-2H3/b12-4+,13-9+. The van der Waals surface area contributed by atoms with Crippen molar-refractivity contribution in [1.29, 1.82) is 0 Å². The minimum absolute atomic E-state index is 0.460. The SMILES string of the molecule is C/C=N/C1CCCCC1/N=C/CC. The molecule has 2 heteroatoms. The van der Waals surface area contributed by atoms with Gasteiger partial charge in [0.2, 0.25) is 0 Å². The first-order valence-electron chi connectivity index (χ1n) is 5.38. The average molecular weight is 180 g/mol. The van der Waals surface area contributed by atoms with E-state index in [0.29, 0.717) is 12.1 Å². The van der Waals surface area contributed by atoms with Crippen LogP contribution in [0.25, 0.3) is 0 Å². The Labute approximate surface area is 81.2 Å². The summed E-state index contributed by atoms with van der Waals surface area (Å²) in [6.45, 7) is 4.12. The molecule has 0 spiro atoms. The molecule has 0 heterocycles. The highest BCUT2D eigenvalue weighted by Crippen LogP contribution is 2.23. The van der Waals surface area contributed by atoms with Crippen LogP contribution in [-0.4, -0.2) is 24.5 Å². The molecule has 2 atom stereocenters. The first kappa shape index (κ1) is 10.4. The van der Waals surface area contributed by atoms with Gasteiger partial charge in [-0.15, -0.1) is 0 Å². The summed E-state index contributed by atoms with van der Waals surface area (Å²) in [6.07, 6.45) is 10.1. The third kappa shape index (κ3) is 3.29. The lowest BCUT2D eigenvalue weighted by Gasteiger charge is -2.25. The molecule has 1 saturated carbocycles. The van der Waals surface area contributed by atoms with E-state index in [0.717, 1.165) is 6.42 Å². The van der Waals surface area contributed by atoms with E-state index in [2.05, 4.69) is 16.9 Å². The molecule has 1 aliphatic rings. The van der Waals surface area contributed by atoms with Crippen molar-refractivity contribution in [2.45, 2.75) is 58.0 Å². The van der Waals surface area contributed by atoms with Crippen LogP contribution in [0, 0.1) is 0 Å². The Morgan fingerprint density at radius 2 is 1.77 bits per heavy atom. The molecule has 0 aromatic carbocycles. The molecule has 0 aromatic heterocycles. The number of aliphatic imine (C=N–C) groups is 2. The molecule has 2 nitrogen and oxygen atoms in total. The maximum Gasteiger partial charge on any atom is 0.0718 e. The first-order valence-corrected chi connectivity index (χ1v) is 5.38. The van der Waals surface area contributed by atoms with E-state index in [1.54, 1.807) is 0 Å². The lowest BCUT2D eigenvalue weighted by molar-refractivity contribution is 0.389. The van der Waals surface area contributed by atoms with E-state index in [1.807, 2.05) is 19.4 Å². The molecule has 1 rings (SSSR count). The van der Waals surface area contributed by atoms with E-state index < -0.39 is 0 Å². The van der Waals surface area contributed by atoms with Gasteiger partial charge in [-0.1, -0.05) is 19.8 Å². The van der Waals surface area contributed by atoms with Crippen LogP contribution in [0.15, 0.2) is 9.98 Å². The summed E-state index contributed by atoms with van der Waals surface area (Å²) in [5.41, 5.74) is 0. The second-order valence-corrected chi connectivity index (χ2v) is 3.57. The molecular formula is C11H20N2. The second-order valence-electron chi connectivity index (χ2n) is 3.57. The Hall–Kier alpha value is -0.660. The van der Waals surface area contributed by atoms with E-state index in [1.165, 1.54) is 25.7 Å². The first-order chi connectivity index (χ1) is 6.38. The molecular weight excluding hydrogens is 160 g/mol. The van der Waals surface area contributed by atoms with Crippen LogP contribution in [0.2, 0.25) is 0 Å². The number of nitrogens with zero attached hydrogens (tertiary/aromatic N) is 2. The largest absolute Gasteiger partial charge is 0.292 e. The van der Waals surface area contributed by atoms with Gasteiger partial charge in [-0.05, 0) is 38.6 Å². The summed E-state index contributed by atoms with van der Waals surface area (Å²) in [5, 5.41) is 0. The second kappa shape index (κ2) is 5.90. The Morgan fingerprint density at radius 1 is 1.15 bits per heavy atom. The summed E-state index contributed by atoms with van der Waals surface area (Å²) in [6, 6.07) is 0.923. The number of rotatable bonds is 3. The molecule has 1 aliphatic carbocycles. The zero-order valence-electron chi connectivity index (χ0n) is 8.74. The molecule has 13 heavy (non-hydrogen) atoms. The van der Waals surface area contributed by atoms with Crippen LogP contribution in [-0.2, 0) is 0 Å². The third-order valence-corrected chi connectivity index (χ3v) is 2.51. The molecule has 74 valence electrons. The van der Waals surface area contributed by atoms with Crippen molar-refractivity contribution in [3.8, 4) is 0 Å². The summed E-state index contributed by atoms with van der Waals surface area (Å²) in [5.74, 6) is 0. The van der Waals surface area contributed by atoms with Crippen molar-refractivity contribution in [3.63, 3.8) is 0 Å². The summed E-state index contributed by atoms with van der Waals surface area (Å²) in [4.78, 5) is 9.04. The molecule has 0 radical (unpaired) electrons. The predicted octanol–water partition coefficient (Wildman–Crippen LogP) is 2.87. The Bertz CT molecular complexity index is 185. The van der Waals surface area contributed by atoms with Crippen LogP contribution in [0.4, 0.5) is 0 Å². The minimum atomic E-state index is 0.460. The van der Waals surface area contributed by atoms with E-state index in [4.69, 9.17) is 0 Å². The van der Waals surface area contributed by atoms with Crippen molar-refractivity contribution >= 4 is 12.4 Å². The highest BCUT2D eigenvalue weighted by atomic mass is 14.9. The Balaban J connectivity index is 2.51. The Kier molecular flexibility index (Phi) is 4.73. The van der Waals surface area contributed by atoms with Crippen LogP contribution >= 0.6 is 0 Å². The van der Waals surface area contributed by atoms with Gasteiger partial charge in [0, 0.05) is 0 Å². The molecule has 1 fully saturated rings. The number of hydrogen-bond acceptors (Lipinski definition) is 2. The van der Waals surface area contributed by atoms with Gasteiger partial charge >= 0.3 is 0 Å². The van der Waals surface area contributed by atoms with Crippen molar-refractivity contribution < 1.29 is 0 Å². The zero-order chi connectivity index (χ0) is 9.52. The van der Waals surface area contributed by atoms with E-state index in [9.17, 15) is 0 Å². The van der Waals surface area contributed by atoms with Crippen LogP contribution in [0.5, 0.6) is 0 Å². The smallest absolute Gasteiger partial charge is 0.0718 e. The monoisotopic (exact) mass is 180 g/mol. The predicted molar refractivity (Wildman–Crippen MR) is 59.0 cm³/mol. The molecule has 0 N–H and O–H groups in total. The normalized spacial score (nSPS) is 30.3. The van der Waals surface area contributed by atoms with Crippen LogP contribution in [0.1, 0.15) is 46.0 Å². The highest BCUT2D eigenvalue weighted by Gasteiger charge is 2.22. The zero-order valence-corrected chi connectivity index (χ0v) is 8.74.